The Morgan fingerprint density at radius 1 is 1.19 bits per heavy atom. The van der Waals surface area contributed by atoms with Crippen molar-refractivity contribution in [2.75, 3.05) is 12.9 Å². The Morgan fingerprint density at radius 2 is 2.00 bits per heavy atom. The van der Waals surface area contributed by atoms with Crippen molar-refractivity contribution >= 4 is 22.7 Å². The highest BCUT2D eigenvalue weighted by atomic mass is 32.2. The number of rotatable bonds is 4. The van der Waals surface area contributed by atoms with E-state index in [-0.39, 0.29) is 0 Å². The van der Waals surface area contributed by atoms with Crippen LogP contribution in [0.1, 0.15) is 0 Å². The first-order chi connectivity index (χ1) is 10.3. The molecule has 0 fully saturated rings. The highest BCUT2D eigenvalue weighted by molar-refractivity contribution is 7.99. The van der Waals surface area contributed by atoms with E-state index in [0.29, 0.717) is 5.75 Å². The first kappa shape index (κ1) is 13.6. The summed E-state index contributed by atoms with van der Waals surface area (Å²) in [5.41, 5.74) is 3.20. The second-order valence-corrected chi connectivity index (χ2v) is 5.54. The third kappa shape index (κ3) is 2.61. The van der Waals surface area contributed by atoms with Crippen LogP contribution in [0.2, 0.25) is 0 Å². The number of methoxy groups -OCH3 is 1. The van der Waals surface area contributed by atoms with Crippen LogP contribution in [0.5, 0.6) is 5.75 Å². The highest BCUT2D eigenvalue weighted by Gasteiger charge is 2.14. The van der Waals surface area contributed by atoms with Crippen molar-refractivity contribution in [2.24, 2.45) is 0 Å². The van der Waals surface area contributed by atoms with Gasteiger partial charge in [-0.15, -0.1) is 11.8 Å². The molecule has 0 unspecified atom stereocenters. The van der Waals surface area contributed by atoms with E-state index in [1.54, 1.807) is 18.9 Å². The summed E-state index contributed by atoms with van der Waals surface area (Å²) in [6.45, 7) is 0. The monoisotopic (exact) mass is 294 g/mol. The van der Waals surface area contributed by atoms with E-state index >= 15 is 0 Å². The maximum atomic E-state index is 8.88. The van der Waals surface area contributed by atoms with Gasteiger partial charge in [-0.2, -0.15) is 5.26 Å². The van der Waals surface area contributed by atoms with E-state index in [9.17, 15) is 0 Å². The number of ether oxygens (including phenoxy) is 1. The maximum absolute atomic E-state index is 8.88. The number of aromatic amines is 1. The van der Waals surface area contributed by atoms with E-state index in [4.69, 9.17) is 10.00 Å². The van der Waals surface area contributed by atoms with Crippen LogP contribution >= 0.6 is 11.8 Å². The van der Waals surface area contributed by atoms with Gasteiger partial charge in [0.25, 0.3) is 0 Å². The Labute approximate surface area is 127 Å². The minimum atomic E-state index is 0.429. The zero-order valence-corrected chi connectivity index (χ0v) is 12.4. The van der Waals surface area contributed by atoms with Crippen molar-refractivity contribution in [1.29, 1.82) is 5.26 Å². The molecule has 0 aliphatic heterocycles. The zero-order valence-electron chi connectivity index (χ0n) is 11.6. The van der Waals surface area contributed by atoms with Crippen molar-refractivity contribution < 1.29 is 4.74 Å². The van der Waals surface area contributed by atoms with Gasteiger partial charge in [0.05, 0.1) is 30.1 Å². The molecular formula is C17H14N2OS. The Kier molecular flexibility index (Phi) is 3.85. The van der Waals surface area contributed by atoms with E-state index in [0.717, 1.165) is 32.8 Å². The topological polar surface area (TPSA) is 48.8 Å². The Morgan fingerprint density at radius 3 is 2.71 bits per heavy atom. The second kappa shape index (κ2) is 5.94. The van der Waals surface area contributed by atoms with Crippen LogP contribution in [0.4, 0.5) is 0 Å². The lowest BCUT2D eigenvalue weighted by atomic mass is 10.1. The van der Waals surface area contributed by atoms with Gasteiger partial charge in [-0.25, -0.2) is 0 Å². The Bertz CT molecular complexity index is 803. The van der Waals surface area contributed by atoms with Gasteiger partial charge in [0.2, 0.25) is 0 Å². The predicted octanol–water partition coefficient (Wildman–Crippen LogP) is 4.46. The maximum Gasteiger partial charge on any atom is 0.120 e. The number of benzene rings is 2. The van der Waals surface area contributed by atoms with Crippen molar-refractivity contribution in [1.82, 2.24) is 4.98 Å². The third-order valence-corrected chi connectivity index (χ3v) is 4.29. The molecular weight excluding hydrogens is 280 g/mol. The number of aromatic nitrogens is 1. The number of H-pyrrole nitrogens is 1. The molecule has 0 aliphatic rings. The summed E-state index contributed by atoms with van der Waals surface area (Å²) in [6.07, 6.45) is 0. The number of thioether (sulfide) groups is 1. The summed E-state index contributed by atoms with van der Waals surface area (Å²) in [5, 5.41) is 10.0. The first-order valence-electron chi connectivity index (χ1n) is 6.58. The van der Waals surface area contributed by atoms with E-state index in [2.05, 4.69) is 23.2 Å². The molecule has 2 aromatic carbocycles. The summed E-state index contributed by atoms with van der Waals surface area (Å²) >= 11 is 1.56. The van der Waals surface area contributed by atoms with Gasteiger partial charge in [0.15, 0.2) is 0 Å². The Hall–Kier alpha value is -2.38. The summed E-state index contributed by atoms with van der Waals surface area (Å²) in [5.74, 6) is 1.25. The minimum absolute atomic E-state index is 0.429. The number of nitriles is 1. The van der Waals surface area contributed by atoms with Crippen LogP contribution < -0.4 is 4.74 Å². The van der Waals surface area contributed by atoms with E-state index in [1.807, 2.05) is 36.4 Å². The lowest BCUT2D eigenvalue weighted by Gasteiger charge is -2.02. The Balaban J connectivity index is 2.20. The molecule has 0 radical (unpaired) electrons. The molecule has 1 heterocycles. The van der Waals surface area contributed by atoms with Gasteiger partial charge in [-0.3, -0.25) is 0 Å². The molecule has 1 aromatic heterocycles. The second-order valence-electron chi connectivity index (χ2n) is 4.55. The number of nitrogens with one attached hydrogen (secondary N) is 1. The molecule has 0 atom stereocenters. The first-order valence-corrected chi connectivity index (χ1v) is 7.57. The van der Waals surface area contributed by atoms with Gasteiger partial charge < -0.3 is 9.72 Å². The smallest absolute Gasteiger partial charge is 0.120 e. The van der Waals surface area contributed by atoms with Crippen molar-refractivity contribution in [3.63, 3.8) is 0 Å². The highest BCUT2D eigenvalue weighted by Crippen LogP contribution is 2.38. The summed E-state index contributed by atoms with van der Waals surface area (Å²) in [4.78, 5) is 4.57. The molecule has 1 N–H and O–H groups in total. The van der Waals surface area contributed by atoms with Gasteiger partial charge in [-0.1, -0.05) is 30.3 Å². The fourth-order valence-electron chi connectivity index (χ4n) is 2.34. The van der Waals surface area contributed by atoms with Crippen LogP contribution in [0.3, 0.4) is 0 Å². The molecule has 21 heavy (non-hydrogen) atoms. The number of hydrogen-bond acceptors (Lipinski definition) is 3. The largest absolute Gasteiger partial charge is 0.497 e. The van der Waals surface area contributed by atoms with Crippen LogP contribution in [0.15, 0.2) is 53.4 Å². The number of hydrogen-bond donors (Lipinski definition) is 1. The molecule has 0 amide bonds. The third-order valence-electron chi connectivity index (χ3n) is 3.30. The van der Waals surface area contributed by atoms with Gasteiger partial charge >= 0.3 is 0 Å². The summed E-state index contributed by atoms with van der Waals surface area (Å²) in [7, 11) is 1.66. The van der Waals surface area contributed by atoms with E-state index < -0.39 is 0 Å². The molecule has 0 saturated heterocycles. The molecule has 3 rings (SSSR count). The van der Waals surface area contributed by atoms with Crippen LogP contribution in [0.25, 0.3) is 22.2 Å². The molecule has 0 bridgehead atoms. The molecule has 0 saturated carbocycles. The minimum Gasteiger partial charge on any atom is -0.497 e. The standard InChI is InChI=1S/C17H14N2OS/c1-20-13-7-8-14-15(11-13)19-16(17(14)21-10-9-18)12-5-3-2-4-6-12/h2-8,11,19H,10H2,1H3. The van der Waals surface area contributed by atoms with Gasteiger partial charge in [0.1, 0.15) is 5.75 Å². The van der Waals surface area contributed by atoms with Gasteiger partial charge in [0, 0.05) is 16.3 Å². The zero-order chi connectivity index (χ0) is 14.7. The average Bonchev–Trinajstić information content (AvgIpc) is 2.91. The number of fused-ring (bicyclic) bond motifs is 1. The molecule has 0 aliphatic carbocycles. The normalized spacial score (nSPS) is 10.5. The van der Waals surface area contributed by atoms with Crippen LogP contribution in [-0.2, 0) is 0 Å². The van der Waals surface area contributed by atoms with Crippen molar-refractivity contribution in [3.8, 4) is 23.1 Å². The molecule has 3 aromatic rings. The molecule has 3 nitrogen and oxygen atoms in total. The number of nitrogens with zero attached hydrogens (tertiary/aromatic N) is 1. The van der Waals surface area contributed by atoms with Crippen molar-refractivity contribution in [3.05, 3.63) is 48.5 Å². The van der Waals surface area contributed by atoms with Crippen LogP contribution in [0, 0.1) is 11.3 Å². The summed E-state index contributed by atoms with van der Waals surface area (Å²) < 4.78 is 5.28. The SMILES string of the molecule is COc1ccc2c(SCC#N)c(-c3ccccc3)[nH]c2c1. The predicted molar refractivity (Wildman–Crippen MR) is 86.6 cm³/mol. The van der Waals surface area contributed by atoms with Crippen molar-refractivity contribution in [2.45, 2.75) is 4.90 Å². The fourth-order valence-corrected chi connectivity index (χ4v) is 3.20. The van der Waals surface area contributed by atoms with Gasteiger partial charge in [-0.05, 0) is 17.7 Å². The lowest BCUT2D eigenvalue weighted by Crippen LogP contribution is -1.81. The average molecular weight is 294 g/mol. The molecule has 0 spiro atoms. The molecule has 104 valence electrons. The lowest BCUT2D eigenvalue weighted by molar-refractivity contribution is 0.415. The summed E-state index contributed by atoms with van der Waals surface area (Å²) in [6, 6.07) is 18.3. The molecule has 4 heteroatoms. The van der Waals surface area contributed by atoms with Crippen LogP contribution in [-0.4, -0.2) is 17.8 Å². The van der Waals surface area contributed by atoms with E-state index in [1.165, 1.54) is 0 Å². The quantitative estimate of drug-likeness (QED) is 0.723. The fraction of sp³-hybridized carbons (Fsp3) is 0.118.